The maximum absolute atomic E-state index is 12.6. The van der Waals surface area contributed by atoms with E-state index in [1.807, 2.05) is 13.0 Å². The van der Waals surface area contributed by atoms with E-state index in [-0.39, 0.29) is 90.7 Å². The van der Waals surface area contributed by atoms with Crippen molar-refractivity contribution in [3.63, 3.8) is 0 Å². The van der Waals surface area contributed by atoms with Crippen LogP contribution in [0.2, 0.25) is 20.2 Å². The monoisotopic (exact) mass is 2060 g/mol. The summed E-state index contributed by atoms with van der Waals surface area (Å²) >= 11 is 29.8. The average molecular weight is 2070 g/mol. The molecule has 1 aliphatic carbocycles. The zero-order valence-electron chi connectivity index (χ0n) is 66.6. The summed E-state index contributed by atoms with van der Waals surface area (Å²) in [4.78, 5) is 112. The SMILES string of the molecule is C=CCO/N=C(\CCC)C1=C(O)C(C(=O)OC)C(C)(C)CC1=O.CC(C)N1C(=O)c2ccccc2NS1(=O)=O.COC(=O)NS(=O)(=O)c1ccc(N)cc1.N.N#Cc1cc(Br)c(O)c(Br)c1.NS(=O)(=O)O.Nc1ncn[nH]1.O=C(O)Cn1c(=O)sc2cccc(Cl)c21.O=C(O)c1cc(Oc2ccc(C(F)(F)F)cc2Cl)ccc1[N+](=O)[O-].O=C(O)c1nc(Cl)ccc1Cl. The van der Waals surface area contributed by atoms with Gasteiger partial charge in [-0.2, -0.15) is 40.4 Å². The number of benzene rings is 6. The number of thiazole rings is 1. The Labute approximate surface area is 760 Å². The number of aromatic amines is 1. The van der Waals surface area contributed by atoms with Crippen LogP contribution in [-0.4, -0.2) is 164 Å². The van der Waals surface area contributed by atoms with Crippen molar-refractivity contribution in [2.75, 3.05) is 37.0 Å². The molecule has 1 atom stereocenters. The summed E-state index contributed by atoms with van der Waals surface area (Å²) in [6.07, 6.45) is -1.43. The fraction of sp³-hybridized carbons (Fsp3) is 0.219. The number of halogens is 9. The smallest absolute Gasteiger partial charge is 0.420 e. The van der Waals surface area contributed by atoms with Crippen molar-refractivity contribution in [2.24, 2.45) is 21.6 Å². The number of nitrogens with two attached hydrogens (primary N) is 3. The predicted molar refractivity (Wildman–Crippen MR) is 467 cm³/mol. The molecule has 18 N–H and O–H groups in total. The van der Waals surface area contributed by atoms with Gasteiger partial charge in [0, 0.05) is 30.3 Å². The van der Waals surface area contributed by atoms with Crippen LogP contribution in [0.3, 0.4) is 0 Å². The molecule has 2 aliphatic rings. The summed E-state index contributed by atoms with van der Waals surface area (Å²) in [7, 11) is -9.45. The Hall–Kier alpha value is -12.1. The van der Waals surface area contributed by atoms with E-state index >= 15 is 0 Å². The number of ketones is 1. The zero-order chi connectivity index (χ0) is 95.9. The van der Waals surface area contributed by atoms with E-state index < -0.39 is 112 Å². The number of nitrogens with zero attached hydrogens (tertiary/aromatic N) is 8. The number of hydrogen-bond acceptors (Lipinski definition) is 31. The fourth-order valence-corrected chi connectivity index (χ4v) is 15.2. The molecule has 0 bridgehead atoms. The summed E-state index contributed by atoms with van der Waals surface area (Å²) in [6.45, 7) is 12.1. The van der Waals surface area contributed by atoms with Crippen LogP contribution in [0, 0.1) is 32.8 Å². The molecule has 686 valence electrons. The minimum absolute atomic E-state index is 0. The van der Waals surface area contributed by atoms with Crippen molar-refractivity contribution in [3.05, 3.63) is 235 Å². The summed E-state index contributed by atoms with van der Waals surface area (Å²) in [5.41, 5.74) is 9.82. The predicted octanol–water partition coefficient (Wildman–Crippen LogP) is 14.2. The number of Topliss-reactive ketones (excluding diaryl/α,β-unsaturated/α-hetero) is 1. The number of anilines is 3. The van der Waals surface area contributed by atoms with Crippen LogP contribution in [0.4, 0.5) is 41.0 Å². The van der Waals surface area contributed by atoms with Crippen molar-refractivity contribution in [2.45, 2.75) is 77.5 Å². The van der Waals surface area contributed by atoms with E-state index in [0.717, 1.165) is 53.1 Å². The number of allylic oxidation sites excluding steroid dienone is 1. The third-order valence-corrected chi connectivity index (χ3v) is 21.3. The second-order valence-electron chi connectivity index (χ2n) is 25.2. The first-order valence-electron chi connectivity index (χ1n) is 34.3. The van der Waals surface area contributed by atoms with Gasteiger partial charge < -0.3 is 62.2 Å². The van der Waals surface area contributed by atoms with E-state index in [1.165, 1.54) is 60.5 Å². The lowest BCUT2D eigenvalue weighted by atomic mass is 9.67. The first-order valence-corrected chi connectivity index (χ1v) is 42.7. The molecule has 0 saturated carbocycles. The zero-order valence-corrected chi connectivity index (χ0v) is 76.0. The number of nitro benzene ring substituents is 1. The molecule has 2 amide bonds. The van der Waals surface area contributed by atoms with E-state index in [0.29, 0.717) is 77.3 Å². The maximum Gasteiger partial charge on any atom is 0.420 e. The minimum Gasteiger partial charge on any atom is -0.511 e. The molecule has 4 heterocycles. The number of carbonyl (C=O) groups is 7. The number of para-hydroxylation sites is 2. The number of phenols is 1. The molecule has 127 heavy (non-hydrogen) atoms. The van der Waals surface area contributed by atoms with Crippen LogP contribution in [0.5, 0.6) is 17.2 Å². The number of oxime groups is 1. The molecule has 0 spiro atoms. The average Bonchev–Trinajstić information content (AvgIpc) is 1.42. The normalized spacial score (nSPS) is 13.3. The highest BCUT2D eigenvalue weighted by Gasteiger charge is 2.48. The van der Waals surface area contributed by atoms with Crippen LogP contribution < -0.4 is 41.8 Å². The molecule has 1 unspecified atom stereocenters. The highest BCUT2D eigenvalue weighted by molar-refractivity contribution is 9.11. The number of aromatic hydroxyl groups is 1. The number of carboxylic acid groups (broad SMARTS) is 3. The first-order chi connectivity index (χ1) is 58.5. The molecule has 0 saturated heterocycles. The standard InChI is InChI=1S/C17H25NO5.C14H7ClF3NO5.C10H12N2O3S.C9H6ClNO3S.C8H10N2O4S.C7H3Br2NO.C6H3Cl2NO2.C2H4N4.H3NO3S.H3N/c1-6-8-11(18-23-9-7-2)13-12(19)10-17(3,4)14(15(13)20)16(21)22-5;15-10-5-7(14(16,17)18)1-4-12(10)24-8-2-3-11(19(22)23)9(6-8)13(20)21;1-7(2)12-10(13)8-5-3-4-6-9(8)11-16(12,14)15;10-5-2-1-3-6-8(5)11(4-7(12)13)9(14)15-6;1-14-8(11)10-15(12,13)7-4-2-6(9)3-5-7;8-5-1-4(3-10)2-6(9)7(5)11;7-3-1-2-4(8)9-5(3)6(10)11;3-2-4-1-5-6-2;1-5(2,3)4;/h7,14,20H,2,6,8-10H2,1,3-5H3;1-6H,(H,20,21);3-7,11H,1-2H3;1-3H,4H2,(H,12,13);2-5H,9H2,1H3,(H,10,11);1-2,11H;1-2H,(H,10,11);1H,(H3,3,4,5,6);(H3,1,2,3,4);1H3/b18-11+;;;;;;;;;. The largest absolute Gasteiger partial charge is 0.511 e. The molecular formula is C73H76Br2Cl4F3N15O26S4. The van der Waals surface area contributed by atoms with Crippen LogP contribution in [0.25, 0.3) is 10.2 Å². The number of nitriles is 1. The Morgan fingerprint density at radius 2 is 1.49 bits per heavy atom. The molecule has 6 aromatic carbocycles. The Kier molecular flexibility index (Phi) is 43.9. The van der Waals surface area contributed by atoms with Gasteiger partial charge in [-0.15, -0.1) is 0 Å². The number of aliphatic carboxylic acids is 1. The van der Waals surface area contributed by atoms with E-state index in [1.54, 1.807) is 87.0 Å². The Morgan fingerprint density at radius 3 is 1.97 bits per heavy atom. The van der Waals surface area contributed by atoms with Crippen molar-refractivity contribution in [1.29, 1.82) is 5.26 Å². The van der Waals surface area contributed by atoms with Crippen LogP contribution in [0.1, 0.15) is 96.2 Å². The Balaban J connectivity index is 0.000000497. The molecule has 54 heteroatoms. The van der Waals surface area contributed by atoms with Crippen LogP contribution in [-0.2, 0) is 72.0 Å². The van der Waals surface area contributed by atoms with Gasteiger partial charge in [0.1, 0.15) is 59.1 Å². The van der Waals surface area contributed by atoms with Crippen molar-refractivity contribution in [3.8, 4) is 23.3 Å². The number of aliphatic hydroxyl groups excluding tert-OH is 1. The number of phenolic OH excluding ortho intramolecular Hbond substituents is 1. The molecule has 41 nitrogen and oxygen atoms in total. The number of methoxy groups -OCH3 is 2. The second kappa shape index (κ2) is 50.3. The molecular weight excluding hydrogens is 1990 g/mol. The lowest BCUT2D eigenvalue weighted by molar-refractivity contribution is -0.385. The molecule has 3 aromatic heterocycles. The van der Waals surface area contributed by atoms with Gasteiger partial charge in [-0.25, -0.2) is 52.0 Å². The van der Waals surface area contributed by atoms with E-state index in [4.69, 9.17) is 106 Å². The number of aliphatic hydroxyl groups is 1. The molecule has 1 aliphatic heterocycles. The number of rotatable bonds is 17. The molecule has 9 aromatic rings. The van der Waals surface area contributed by atoms with Crippen molar-refractivity contribution >= 4 is 201 Å². The number of nitrogen functional groups attached to an aromatic ring is 2. The number of carbonyl (C=O) groups excluding carboxylic acids is 4. The van der Waals surface area contributed by atoms with Gasteiger partial charge in [-0.05, 0) is 155 Å². The van der Waals surface area contributed by atoms with Gasteiger partial charge in [-0.1, -0.05) is 121 Å². The number of hydrogen-bond donors (Lipinski definition) is 13. The van der Waals surface area contributed by atoms with Gasteiger partial charge in [-0.3, -0.25) is 47.9 Å². The topological polar surface area (TPSA) is 676 Å². The van der Waals surface area contributed by atoms with Gasteiger partial charge in [0.05, 0.1) is 98.0 Å². The third kappa shape index (κ3) is 35.0. The maximum atomic E-state index is 12.6. The van der Waals surface area contributed by atoms with Gasteiger partial charge in [0.15, 0.2) is 11.5 Å². The molecule has 0 radical (unpaired) electrons. The lowest BCUT2D eigenvalue weighted by Gasteiger charge is -2.36. The Morgan fingerprint density at radius 1 is 0.882 bits per heavy atom. The number of ether oxygens (including phenoxy) is 3. The number of alkyl halides is 3. The summed E-state index contributed by atoms with van der Waals surface area (Å²) < 4.78 is 131. The summed E-state index contributed by atoms with van der Waals surface area (Å²) in [6, 6.07) is 29.8. The van der Waals surface area contributed by atoms with Crippen molar-refractivity contribution < 1.29 is 126 Å². The number of nitro groups is 1. The summed E-state index contributed by atoms with van der Waals surface area (Å²) in [5, 5.41) is 79.2. The van der Waals surface area contributed by atoms with Crippen molar-refractivity contribution in [1.82, 2.24) is 39.9 Å². The van der Waals surface area contributed by atoms with E-state index in [2.05, 4.69) is 78.4 Å². The lowest BCUT2D eigenvalue weighted by Crippen LogP contribution is -2.48. The number of carboxylic acids is 3. The number of nitrogens with one attached hydrogen (secondary N) is 3. The summed E-state index contributed by atoms with van der Waals surface area (Å²) in [5.74, 6) is -6.09. The quantitative estimate of drug-likeness (QED) is 0.00463. The number of sulfonamides is 1. The van der Waals surface area contributed by atoms with Gasteiger partial charge in [0.2, 0.25) is 5.95 Å². The Bertz CT molecular complexity index is 5990. The van der Waals surface area contributed by atoms with Gasteiger partial charge in [0.25, 0.3) is 21.6 Å². The second-order valence-corrected chi connectivity index (χ2v) is 33.7. The number of aromatic carboxylic acids is 2. The number of fused-ring (bicyclic) bond motifs is 2. The van der Waals surface area contributed by atoms with E-state index in [9.17, 15) is 88.7 Å². The molecule has 0 fully saturated rings. The number of aromatic nitrogens is 5. The number of esters is 1. The first kappa shape index (κ1) is 111. The highest BCUT2D eigenvalue weighted by atomic mass is 79.9. The van der Waals surface area contributed by atoms with Crippen LogP contribution in [0.15, 0.2) is 181 Å². The highest BCUT2D eigenvalue weighted by Crippen LogP contribution is 2.44. The van der Waals surface area contributed by atoms with Gasteiger partial charge >= 0.3 is 61.5 Å². The number of amides is 2. The number of H-pyrrole nitrogens is 1. The molecule has 11 rings (SSSR count). The number of pyridine rings is 1. The third-order valence-electron chi connectivity index (χ3n) is 15.1. The minimum atomic E-state index is -4.58. The fourth-order valence-electron chi connectivity index (χ4n) is 9.85. The van der Waals surface area contributed by atoms with Crippen LogP contribution >= 0.6 is 89.6 Å².